The van der Waals surface area contributed by atoms with Gasteiger partial charge in [0.2, 0.25) is 0 Å². The van der Waals surface area contributed by atoms with E-state index in [0.717, 1.165) is 26.1 Å². The average molecular weight is 218 g/mol. The van der Waals surface area contributed by atoms with Crippen LogP contribution in [0.3, 0.4) is 0 Å². The van der Waals surface area contributed by atoms with Gasteiger partial charge in [-0.1, -0.05) is 36.9 Å². The number of ether oxygens (including phenoxy) is 2. The van der Waals surface area contributed by atoms with E-state index in [0.29, 0.717) is 12.7 Å². The van der Waals surface area contributed by atoms with Gasteiger partial charge in [-0.05, 0) is 24.0 Å². The molecule has 2 rings (SSSR count). The van der Waals surface area contributed by atoms with Crippen LogP contribution in [0.4, 0.5) is 0 Å². The number of hydrogen-bond acceptors (Lipinski definition) is 2. The zero-order valence-electron chi connectivity index (χ0n) is 9.52. The molecular formula is C14H18O2. The molecule has 1 heterocycles. The van der Waals surface area contributed by atoms with Crippen LogP contribution in [-0.2, 0) is 16.1 Å². The highest BCUT2D eigenvalue weighted by Crippen LogP contribution is 2.21. The molecule has 0 saturated carbocycles. The fourth-order valence-corrected chi connectivity index (χ4v) is 1.61. The molecule has 0 aromatic heterocycles. The third kappa shape index (κ3) is 3.80. The van der Waals surface area contributed by atoms with Gasteiger partial charge in [0, 0.05) is 6.61 Å². The van der Waals surface area contributed by atoms with E-state index in [1.54, 1.807) is 0 Å². The summed E-state index contributed by atoms with van der Waals surface area (Å²) in [7, 11) is 0. The van der Waals surface area contributed by atoms with E-state index in [2.05, 4.69) is 18.7 Å². The van der Waals surface area contributed by atoms with Crippen molar-refractivity contribution in [2.45, 2.75) is 25.6 Å². The van der Waals surface area contributed by atoms with Gasteiger partial charge >= 0.3 is 0 Å². The van der Waals surface area contributed by atoms with Crippen LogP contribution in [-0.4, -0.2) is 19.3 Å². The van der Waals surface area contributed by atoms with Crippen LogP contribution in [0.1, 0.15) is 18.4 Å². The molecule has 0 spiro atoms. The molecule has 2 nitrogen and oxygen atoms in total. The predicted octanol–water partition coefficient (Wildman–Crippen LogP) is 2.94. The largest absolute Gasteiger partial charge is 0.377 e. The molecule has 86 valence electrons. The van der Waals surface area contributed by atoms with Crippen LogP contribution < -0.4 is 0 Å². The summed E-state index contributed by atoms with van der Waals surface area (Å²) in [5.74, 6) is 0. The molecule has 0 N–H and O–H groups in total. The Bertz CT molecular complexity index is 328. The molecule has 0 amide bonds. The quantitative estimate of drug-likeness (QED) is 0.399. The van der Waals surface area contributed by atoms with E-state index in [9.17, 15) is 0 Å². The first kappa shape index (κ1) is 11.4. The van der Waals surface area contributed by atoms with E-state index < -0.39 is 0 Å². The fourth-order valence-electron chi connectivity index (χ4n) is 1.61. The minimum Gasteiger partial charge on any atom is -0.377 e. The highest BCUT2D eigenvalue weighted by molar-refractivity contribution is 5.13. The summed E-state index contributed by atoms with van der Waals surface area (Å²) in [6.07, 6.45) is 2.39. The van der Waals surface area contributed by atoms with Crippen LogP contribution in [0, 0.1) is 0 Å². The van der Waals surface area contributed by atoms with Crippen LogP contribution in [0.25, 0.3) is 0 Å². The number of hydrogen-bond donors (Lipinski definition) is 0. The van der Waals surface area contributed by atoms with Crippen LogP contribution >= 0.6 is 0 Å². The number of epoxide rings is 1. The third-order valence-corrected chi connectivity index (χ3v) is 2.69. The summed E-state index contributed by atoms with van der Waals surface area (Å²) < 4.78 is 10.7. The monoisotopic (exact) mass is 218 g/mol. The Morgan fingerprint density at radius 3 is 2.81 bits per heavy atom. The topological polar surface area (TPSA) is 21.8 Å². The maximum atomic E-state index is 5.59. The third-order valence-electron chi connectivity index (χ3n) is 2.69. The SMILES string of the molecule is C=C(CCCOCc1ccccc1)C1CO1. The maximum absolute atomic E-state index is 5.59. The summed E-state index contributed by atoms with van der Waals surface area (Å²) in [5.41, 5.74) is 2.44. The van der Waals surface area contributed by atoms with E-state index in [1.165, 1.54) is 11.1 Å². The smallest absolute Gasteiger partial charge is 0.102 e. The van der Waals surface area contributed by atoms with Gasteiger partial charge in [0.05, 0.1) is 13.2 Å². The lowest BCUT2D eigenvalue weighted by molar-refractivity contribution is 0.118. The Morgan fingerprint density at radius 2 is 2.12 bits per heavy atom. The normalized spacial score (nSPS) is 18.4. The van der Waals surface area contributed by atoms with Crippen LogP contribution in [0.2, 0.25) is 0 Å². The van der Waals surface area contributed by atoms with E-state index >= 15 is 0 Å². The first-order chi connectivity index (χ1) is 7.86. The Morgan fingerprint density at radius 1 is 1.38 bits per heavy atom. The minimum atomic E-state index is 0.342. The average Bonchev–Trinajstić information content (AvgIpc) is 3.13. The standard InChI is InChI=1S/C14H18O2/c1-12(14-11-16-14)6-5-9-15-10-13-7-3-2-4-8-13/h2-4,7-8,14H,1,5-6,9-11H2. The van der Waals surface area contributed by atoms with Crippen molar-refractivity contribution in [1.82, 2.24) is 0 Å². The summed E-state index contributed by atoms with van der Waals surface area (Å²) in [4.78, 5) is 0. The van der Waals surface area contributed by atoms with Crippen LogP contribution in [0.15, 0.2) is 42.5 Å². The second-order valence-corrected chi connectivity index (χ2v) is 4.12. The minimum absolute atomic E-state index is 0.342. The lowest BCUT2D eigenvalue weighted by atomic mass is 10.1. The van der Waals surface area contributed by atoms with Gasteiger partial charge in [-0.15, -0.1) is 0 Å². The van der Waals surface area contributed by atoms with Crippen molar-refractivity contribution in [2.24, 2.45) is 0 Å². The van der Waals surface area contributed by atoms with Crippen molar-refractivity contribution in [3.63, 3.8) is 0 Å². The zero-order chi connectivity index (χ0) is 11.2. The molecule has 1 aromatic rings. The molecule has 0 bridgehead atoms. The molecule has 1 aliphatic heterocycles. The first-order valence-electron chi connectivity index (χ1n) is 5.77. The number of benzene rings is 1. The van der Waals surface area contributed by atoms with Gasteiger partial charge in [0.15, 0.2) is 0 Å². The number of rotatable bonds is 7. The molecule has 1 saturated heterocycles. The van der Waals surface area contributed by atoms with Crippen molar-refractivity contribution in [1.29, 1.82) is 0 Å². The highest BCUT2D eigenvalue weighted by Gasteiger charge is 2.24. The lowest BCUT2D eigenvalue weighted by Gasteiger charge is -2.04. The Balaban J connectivity index is 1.53. The Hall–Kier alpha value is -1.12. The molecule has 0 radical (unpaired) electrons. The zero-order valence-corrected chi connectivity index (χ0v) is 9.52. The van der Waals surface area contributed by atoms with Gasteiger partial charge in [0.1, 0.15) is 6.10 Å². The molecule has 0 aliphatic carbocycles. The van der Waals surface area contributed by atoms with Gasteiger partial charge in [-0.2, -0.15) is 0 Å². The second-order valence-electron chi connectivity index (χ2n) is 4.12. The lowest BCUT2D eigenvalue weighted by Crippen LogP contribution is -1.98. The van der Waals surface area contributed by atoms with Crippen LogP contribution in [0.5, 0.6) is 0 Å². The van der Waals surface area contributed by atoms with Crippen molar-refractivity contribution < 1.29 is 9.47 Å². The van der Waals surface area contributed by atoms with E-state index in [1.807, 2.05) is 18.2 Å². The second kappa shape index (κ2) is 5.83. The molecule has 2 heteroatoms. The van der Waals surface area contributed by atoms with E-state index in [4.69, 9.17) is 9.47 Å². The molecule has 1 fully saturated rings. The summed E-state index contributed by atoms with van der Waals surface area (Å²) >= 11 is 0. The summed E-state index contributed by atoms with van der Waals surface area (Å²) in [5, 5.41) is 0. The molecule has 1 unspecified atom stereocenters. The molecular weight excluding hydrogens is 200 g/mol. The van der Waals surface area contributed by atoms with Crippen molar-refractivity contribution >= 4 is 0 Å². The van der Waals surface area contributed by atoms with Crippen molar-refractivity contribution in [3.05, 3.63) is 48.0 Å². The summed E-state index contributed by atoms with van der Waals surface area (Å²) in [6.45, 7) is 6.35. The van der Waals surface area contributed by atoms with Gasteiger partial charge in [-0.3, -0.25) is 0 Å². The first-order valence-corrected chi connectivity index (χ1v) is 5.77. The van der Waals surface area contributed by atoms with Gasteiger partial charge < -0.3 is 9.47 Å². The van der Waals surface area contributed by atoms with E-state index in [-0.39, 0.29) is 0 Å². The molecule has 1 atom stereocenters. The summed E-state index contributed by atoms with van der Waals surface area (Å²) in [6, 6.07) is 10.2. The Kier molecular flexibility index (Phi) is 4.14. The van der Waals surface area contributed by atoms with Gasteiger partial charge in [0.25, 0.3) is 0 Å². The highest BCUT2D eigenvalue weighted by atomic mass is 16.6. The van der Waals surface area contributed by atoms with Crippen molar-refractivity contribution in [3.8, 4) is 0 Å². The predicted molar refractivity (Wildman–Crippen MR) is 64.2 cm³/mol. The van der Waals surface area contributed by atoms with Gasteiger partial charge in [-0.25, -0.2) is 0 Å². The molecule has 1 aromatic carbocycles. The molecule has 16 heavy (non-hydrogen) atoms. The molecule has 1 aliphatic rings. The fraction of sp³-hybridized carbons (Fsp3) is 0.429. The Labute approximate surface area is 96.9 Å². The van der Waals surface area contributed by atoms with Crippen molar-refractivity contribution in [2.75, 3.05) is 13.2 Å². The maximum Gasteiger partial charge on any atom is 0.102 e.